The van der Waals surface area contributed by atoms with Crippen molar-refractivity contribution in [2.45, 2.75) is 31.5 Å². The predicted molar refractivity (Wildman–Crippen MR) is 87.2 cm³/mol. The van der Waals surface area contributed by atoms with Gasteiger partial charge in [0.25, 0.3) is 5.22 Å². The maximum atomic E-state index is 12.0. The molecule has 1 aromatic carbocycles. The summed E-state index contributed by atoms with van der Waals surface area (Å²) in [6.07, 6.45) is 0.932. The molecule has 1 heterocycles. The van der Waals surface area contributed by atoms with Gasteiger partial charge in [-0.25, -0.2) is 0 Å². The molecule has 5 nitrogen and oxygen atoms in total. The number of nitrogens with two attached hydrogens (primary N) is 1. The van der Waals surface area contributed by atoms with Gasteiger partial charge in [0.05, 0.1) is 11.8 Å². The van der Waals surface area contributed by atoms with Gasteiger partial charge in [0.15, 0.2) is 5.78 Å². The van der Waals surface area contributed by atoms with Crippen molar-refractivity contribution in [1.82, 2.24) is 10.2 Å². The molecule has 0 aliphatic rings. The van der Waals surface area contributed by atoms with Crippen molar-refractivity contribution in [3.63, 3.8) is 0 Å². The van der Waals surface area contributed by atoms with Gasteiger partial charge in [-0.1, -0.05) is 43.6 Å². The van der Waals surface area contributed by atoms with E-state index in [2.05, 4.69) is 17.1 Å². The van der Waals surface area contributed by atoms with Crippen LogP contribution in [0, 0.1) is 5.92 Å². The lowest BCUT2D eigenvalue weighted by atomic mass is 10.0. The van der Waals surface area contributed by atoms with Gasteiger partial charge in [-0.3, -0.25) is 4.79 Å². The molecular weight excluding hydrogens is 322 g/mol. The van der Waals surface area contributed by atoms with Crippen LogP contribution in [0.2, 0.25) is 5.02 Å². The molecule has 2 atom stereocenters. The third-order valence-electron chi connectivity index (χ3n) is 3.46. The topological polar surface area (TPSA) is 82.0 Å². The zero-order valence-electron chi connectivity index (χ0n) is 12.5. The maximum Gasteiger partial charge on any atom is 0.277 e. The number of nitrogens with zero attached hydrogens (tertiary/aromatic N) is 2. The Morgan fingerprint density at radius 1 is 1.36 bits per heavy atom. The van der Waals surface area contributed by atoms with Crippen molar-refractivity contribution in [3.8, 4) is 0 Å². The van der Waals surface area contributed by atoms with Gasteiger partial charge in [0, 0.05) is 10.6 Å². The number of carbonyl (C=O) groups is 1. The standard InChI is InChI=1S/C15H18ClN3O2S/c1-3-9(2)13(17)14-18-19-15(21-14)22-8-12(20)10-4-6-11(16)7-5-10/h4-7,9,13H,3,8,17H2,1-2H3/t9?,13-/m1/s1. The number of aromatic nitrogens is 2. The van der Waals surface area contributed by atoms with Gasteiger partial charge in [0.2, 0.25) is 5.89 Å². The molecule has 1 aromatic heterocycles. The van der Waals surface area contributed by atoms with Gasteiger partial charge < -0.3 is 10.2 Å². The number of rotatable bonds is 7. The molecule has 0 saturated carbocycles. The summed E-state index contributed by atoms with van der Waals surface area (Å²) in [5, 5.41) is 8.84. The number of carbonyl (C=O) groups excluding carboxylic acids is 1. The predicted octanol–water partition coefficient (Wildman–Crippen LogP) is 3.74. The zero-order valence-corrected chi connectivity index (χ0v) is 14.0. The Kier molecular flexibility index (Phi) is 5.99. The lowest BCUT2D eigenvalue weighted by Gasteiger charge is -2.13. The number of Topliss-reactive ketones (excluding diaryl/α,β-unsaturated/α-hetero) is 1. The first kappa shape index (κ1) is 17.0. The summed E-state index contributed by atoms with van der Waals surface area (Å²) in [7, 11) is 0. The molecule has 2 rings (SSSR count). The molecule has 0 aliphatic heterocycles. The fraction of sp³-hybridized carbons (Fsp3) is 0.400. The van der Waals surface area contributed by atoms with E-state index in [-0.39, 0.29) is 23.5 Å². The van der Waals surface area contributed by atoms with Gasteiger partial charge in [-0.2, -0.15) is 0 Å². The van der Waals surface area contributed by atoms with E-state index in [4.69, 9.17) is 21.8 Å². The fourth-order valence-electron chi connectivity index (χ4n) is 1.76. The fourth-order valence-corrected chi connectivity index (χ4v) is 2.55. The molecule has 0 spiro atoms. The second-order valence-electron chi connectivity index (χ2n) is 5.04. The summed E-state index contributed by atoms with van der Waals surface area (Å²) >= 11 is 7.00. The average Bonchev–Trinajstić information content (AvgIpc) is 3.00. The second-order valence-corrected chi connectivity index (χ2v) is 6.40. The molecule has 7 heteroatoms. The number of halogens is 1. The summed E-state index contributed by atoms with van der Waals surface area (Å²) in [6, 6.07) is 6.50. The summed E-state index contributed by atoms with van der Waals surface area (Å²) in [4.78, 5) is 12.0. The summed E-state index contributed by atoms with van der Waals surface area (Å²) < 4.78 is 5.52. The lowest BCUT2D eigenvalue weighted by molar-refractivity contribution is 0.102. The summed E-state index contributed by atoms with van der Waals surface area (Å²) in [5.74, 6) is 0.874. The Morgan fingerprint density at radius 3 is 2.68 bits per heavy atom. The molecule has 1 unspecified atom stereocenters. The molecule has 0 bridgehead atoms. The average molecular weight is 340 g/mol. The second kappa shape index (κ2) is 7.76. The van der Waals surface area contributed by atoms with Gasteiger partial charge in [0.1, 0.15) is 0 Å². The Balaban J connectivity index is 1.93. The minimum atomic E-state index is -0.279. The van der Waals surface area contributed by atoms with E-state index in [1.165, 1.54) is 11.8 Å². The van der Waals surface area contributed by atoms with E-state index in [9.17, 15) is 4.79 Å². The number of hydrogen-bond acceptors (Lipinski definition) is 6. The molecule has 2 aromatic rings. The SMILES string of the molecule is CCC(C)[C@@H](N)c1nnc(SCC(=O)c2ccc(Cl)cc2)o1. The van der Waals surface area contributed by atoms with Crippen molar-refractivity contribution in [1.29, 1.82) is 0 Å². The van der Waals surface area contributed by atoms with Crippen LogP contribution >= 0.6 is 23.4 Å². The molecular formula is C15H18ClN3O2S. The van der Waals surface area contributed by atoms with E-state index in [1.807, 2.05) is 6.92 Å². The third kappa shape index (κ3) is 4.32. The van der Waals surface area contributed by atoms with Crippen LogP contribution in [0.5, 0.6) is 0 Å². The molecule has 0 fully saturated rings. The van der Waals surface area contributed by atoms with Gasteiger partial charge in [-0.15, -0.1) is 10.2 Å². The van der Waals surface area contributed by atoms with Crippen LogP contribution in [0.25, 0.3) is 0 Å². The quantitative estimate of drug-likeness (QED) is 0.611. The van der Waals surface area contributed by atoms with Crippen molar-refractivity contribution >= 4 is 29.1 Å². The summed E-state index contributed by atoms with van der Waals surface area (Å²) in [6.45, 7) is 4.09. The minimum absolute atomic E-state index is 0.0207. The number of hydrogen-bond donors (Lipinski definition) is 1. The van der Waals surface area contributed by atoms with Crippen molar-refractivity contribution in [3.05, 3.63) is 40.7 Å². The van der Waals surface area contributed by atoms with E-state index >= 15 is 0 Å². The van der Waals surface area contributed by atoms with E-state index in [0.29, 0.717) is 21.7 Å². The Bertz CT molecular complexity index is 630. The molecule has 2 N–H and O–H groups in total. The molecule has 0 radical (unpaired) electrons. The van der Waals surface area contributed by atoms with Gasteiger partial charge >= 0.3 is 0 Å². The third-order valence-corrected chi connectivity index (χ3v) is 4.53. The molecule has 0 aliphatic carbocycles. The molecule has 0 saturated heterocycles. The van der Waals surface area contributed by atoms with Crippen LogP contribution in [0.1, 0.15) is 42.6 Å². The zero-order chi connectivity index (χ0) is 16.1. The molecule has 118 valence electrons. The Hall–Kier alpha value is -1.37. The first-order valence-electron chi connectivity index (χ1n) is 7.01. The first-order chi connectivity index (χ1) is 10.5. The van der Waals surface area contributed by atoms with Crippen molar-refractivity contribution < 1.29 is 9.21 Å². The molecule has 22 heavy (non-hydrogen) atoms. The van der Waals surface area contributed by atoms with Crippen LogP contribution in [-0.4, -0.2) is 21.7 Å². The van der Waals surface area contributed by atoms with Crippen LogP contribution in [0.3, 0.4) is 0 Å². The monoisotopic (exact) mass is 339 g/mol. The maximum absolute atomic E-state index is 12.0. The minimum Gasteiger partial charge on any atom is -0.414 e. The number of ketones is 1. The summed E-state index contributed by atoms with van der Waals surface area (Å²) in [5.41, 5.74) is 6.64. The lowest BCUT2D eigenvalue weighted by Crippen LogP contribution is -2.18. The Labute approximate surface area is 138 Å². The van der Waals surface area contributed by atoms with E-state index < -0.39 is 0 Å². The van der Waals surface area contributed by atoms with Gasteiger partial charge in [-0.05, 0) is 30.2 Å². The van der Waals surface area contributed by atoms with Crippen LogP contribution in [-0.2, 0) is 0 Å². The smallest absolute Gasteiger partial charge is 0.277 e. The number of thioether (sulfide) groups is 1. The molecule has 0 amide bonds. The van der Waals surface area contributed by atoms with E-state index in [1.54, 1.807) is 24.3 Å². The largest absolute Gasteiger partial charge is 0.414 e. The van der Waals surface area contributed by atoms with Crippen LogP contribution < -0.4 is 5.73 Å². The van der Waals surface area contributed by atoms with Crippen LogP contribution in [0.15, 0.2) is 33.9 Å². The Morgan fingerprint density at radius 2 is 2.05 bits per heavy atom. The normalized spacial score (nSPS) is 13.8. The van der Waals surface area contributed by atoms with Crippen molar-refractivity contribution in [2.24, 2.45) is 11.7 Å². The first-order valence-corrected chi connectivity index (χ1v) is 8.38. The highest BCUT2D eigenvalue weighted by molar-refractivity contribution is 7.99. The highest BCUT2D eigenvalue weighted by atomic mass is 35.5. The van der Waals surface area contributed by atoms with Crippen LogP contribution in [0.4, 0.5) is 0 Å². The highest BCUT2D eigenvalue weighted by Gasteiger charge is 2.20. The number of benzene rings is 1. The highest BCUT2D eigenvalue weighted by Crippen LogP contribution is 2.24. The van der Waals surface area contributed by atoms with E-state index in [0.717, 1.165) is 6.42 Å². The van der Waals surface area contributed by atoms with Crippen molar-refractivity contribution in [2.75, 3.05) is 5.75 Å².